The van der Waals surface area contributed by atoms with E-state index in [2.05, 4.69) is 21.5 Å². The van der Waals surface area contributed by atoms with Gasteiger partial charge in [0.1, 0.15) is 0 Å². The summed E-state index contributed by atoms with van der Waals surface area (Å²) in [6.45, 7) is 0.687. The van der Waals surface area contributed by atoms with Crippen LogP contribution in [0.15, 0.2) is 43.0 Å². The van der Waals surface area contributed by atoms with E-state index in [1.165, 1.54) is 0 Å². The Morgan fingerprint density at radius 1 is 1.32 bits per heavy atom. The molecule has 0 unspecified atom stereocenters. The number of terminal acetylenes is 1. The summed E-state index contributed by atoms with van der Waals surface area (Å²) >= 11 is 0. The molecule has 2 N–H and O–H groups in total. The van der Waals surface area contributed by atoms with Crippen molar-refractivity contribution in [1.82, 2.24) is 20.2 Å². The second kappa shape index (κ2) is 6.26. The average molecular weight is 254 g/mol. The van der Waals surface area contributed by atoms with Crippen molar-refractivity contribution in [3.05, 3.63) is 48.5 Å². The van der Waals surface area contributed by atoms with Crippen LogP contribution in [0.25, 0.3) is 5.69 Å². The molecule has 0 aliphatic heterocycles. The van der Waals surface area contributed by atoms with E-state index in [0.717, 1.165) is 11.3 Å². The molecule has 1 aromatic carbocycles. The van der Waals surface area contributed by atoms with Gasteiger partial charge in [-0.1, -0.05) is 18.1 Å². The van der Waals surface area contributed by atoms with Crippen molar-refractivity contribution in [2.75, 3.05) is 6.54 Å². The first-order valence-electron chi connectivity index (χ1n) is 5.82. The van der Waals surface area contributed by atoms with Crippen molar-refractivity contribution >= 4 is 6.03 Å². The smallest absolute Gasteiger partial charge is 0.315 e. The van der Waals surface area contributed by atoms with Gasteiger partial charge in [0.05, 0.1) is 12.9 Å². The van der Waals surface area contributed by atoms with Crippen LogP contribution >= 0.6 is 0 Å². The topological polar surface area (TPSA) is 59.0 Å². The lowest BCUT2D eigenvalue weighted by atomic mass is 10.2. The Morgan fingerprint density at radius 3 is 2.74 bits per heavy atom. The normalized spacial score (nSPS) is 9.63. The van der Waals surface area contributed by atoms with E-state index in [1.807, 2.05) is 35.0 Å². The van der Waals surface area contributed by atoms with Crippen LogP contribution < -0.4 is 10.6 Å². The van der Waals surface area contributed by atoms with Gasteiger partial charge >= 0.3 is 6.03 Å². The van der Waals surface area contributed by atoms with E-state index in [-0.39, 0.29) is 12.6 Å². The number of hydrogen-bond acceptors (Lipinski definition) is 2. The molecule has 5 heteroatoms. The molecular weight excluding hydrogens is 240 g/mol. The maximum atomic E-state index is 11.3. The lowest BCUT2D eigenvalue weighted by Gasteiger charge is -2.07. The number of aromatic nitrogens is 2. The van der Waals surface area contributed by atoms with Crippen LogP contribution in [0.5, 0.6) is 0 Å². The van der Waals surface area contributed by atoms with Crippen LogP contribution in [0.2, 0.25) is 0 Å². The molecule has 0 bridgehead atoms. The molecule has 19 heavy (non-hydrogen) atoms. The maximum absolute atomic E-state index is 11.3. The van der Waals surface area contributed by atoms with E-state index >= 15 is 0 Å². The predicted octanol–water partition coefficient (Wildman–Crippen LogP) is 1.30. The van der Waals surface area contributed by atoms with Gasteiger partial charge in [-0.2, -0.15) is 0 Å². The summed E-state index contributed by atoms with van der Waals surface area (Å²) in [5.74, 6) is 2.34. The molecule has 0 spiro atoms. The van der Waals surface area contributed by atoms with Gasteiger partial charge in [-0.25, -0.2) is 9.78 Å². The summed E-state index contributed by atoms with van der Waals surface area (Å²) in [7, 11) is 0. The minimum absolute atomic E-state index is 0.228. The molecule has 0 atom stereocenters. The largest absolute Gasteiger partial charge is 0.334 e. The van der Waals surface area contributed by atoms with Gasteiger partial charge in [0, 0.05) is 24.6 Å². The number of carbonyl (C=O) groups excluding carboxylic acids is 1. The molecule has 0 aliphatic carbocycles. The van der Waals surface area contributed by atoms with Gasteiger partial charge in [0.15, 0.2) is 0 Å². The first-order valence-corrected chi connectivity index (χ1v) is 5.82. The number of hydrogen-bond donors (Lipinski definition) is 2. The first kappa shape index (κ1) is 12.7. The monoisotopic (exact) mass is 254 g/mol. The Kier molecular flexibility index (Phi) is 4.19. The van der Waals surface area contributed by atoms with Crippen LogP contribution in [0.4, 0.5) is 4.79 Å². The Balaban J connectivity index is 1.89. The molecule has 0 radical (unpaired) electrons. The van der Waals surface area contributed by atoms with Crippen molar-refractivity contribution in [2.24, 2.45) is 0 Å². The minimum Gasteiger partial charge on any atom is -0.334 e. The quantitative estimate of drug-likeness (QED) is 0.808. The highest BCUT2D eigenvalue weighted by Crippen LogP contribution is 2.08. The minimum atomic E-state index is -0.267. The van der Waals surface area contributed by atoms with Crippen molar-refractivity contribution in [3.63, 3.8) is 0 Å². The number of rotatable bonds is 4. The molecule has 0 saturated heterocycles. The van der Waals surface area contributed by atoms with Crippen LogP contribution in [0.3, 0.4) is 0 Å². The van der Waals surface area contributed by atoms with Gasteiger partial charge in [-0.3, -0.25) is 0 Å². The second-order valence-electron chi connectivity index (χ2n) is 3.88. The first-order chi connectivity index (χ1) is 9.29. The molecule has 0 saturated carbocycles. The maximum Gasteiger partial charge on any atom is 0.315 e. The van der Waals surface area contributed by atoms with E-state index in [4.69, 9.17) is 6.42 Å². The SMILES string of the molecule is C#CCNC(=O)NCc1ccc(-n2ccnc2)cc1. The van der Waals surface area contributed by atoms with E-state index in [9.17, 15) is 4.79 Å². The van der Waals surface area contributed by atoms with Gasteiger partial charge in [-0.05, 0) is 17.7 Å². The van der Waals surface area contributed by atoms with Crippen molar-refractivity contribution in [2.45, 2.75) is 6.54 Å². The number of nitrogens with one attached hydrogen (secondary N) is 2. The number of amides is 2. The fourth-order valence-corrected chi connectivity index (χ4v) is 1.57. The molecule has 96 valence electrons. The van der Waals surface area contributed by atoms with Crippen LogP contribution in [-0.4, -0.2) is 22.1 Å². The van der Waals surface area contributed by atoms with Crippen molar-refractivity contribution in [3.8, 4) is 18.0 Å². The highest BCUT2D eigenvalue weighted by Gasteiger charge is 2.00. The summed E-state index contributed by atoms with van der Waals surface area (Å²) < 4.78 is 1.91. The third kappa shape index (κ3) is 3.61. The summed E-state index contributed by atoms with van der Waals surface area (Å²) in [4.78, 5) is 15.3. The molecule has 0 fully saturated rings. The number of carbonyl (C=O) groups is 1. The van der Waals surface area contributed by atoms with E-state index in [1.54, 1.807) is 12.5 Å². The summed E-state index contributed by atoms with van der Waals surface area (Å²) in [5, 5.41) is 5.26. The Morgan fingerprint density at radius 2 is 2.11 bits per heavy atom. The Hall–Kier alpha value is -2.74. The Labute approximate surface area is 111 Å². The zero-order chi connectivity index (χ0) is 13.5. The van der Waals surface area contributed by atoms with Crippen molar-refractivity contribution < 1.29 is 4.79 Å². The number of urea groups is 1. The van der Waals surface area contributed by atoms with Crippen LogP contribution in [0.1, 0.15) is 5.56 Å². The van der Waals surface area contributed by atoms with Crippen LogP contribution in [0, 0.1) is 12.3 Å². The van der Waals surface area contributed by atoms with Gasteiger partial charge in [-0.15, -0.1) is 6.42 Å². The van der Waals surface area contributed by atoms with E-state index in [0.29, 0.717) is 6.54 Å². The molecular formula is C14H14N4O. The lowest BCUT2D eigenvalue weighted by molar-refractivity contribution is 0.241. The van der Waals surface area contributed by atoms with Crippen LogP contribution in [-0.2, 0) is 6.54 Å². The second-order valence-corrected chi connectivity index (χ2v) is 3.88. The summed E-state index contributed by atoms with van der Waals surface area (Å²) in [6.07, 6.45) is 10.4. The molecule has 5 nitrogen and oxygen atoms in total. The van der Waals surface area contributed by atoms with E-state index < -0.39 is 0 Å². The molecule has 1 heterocycles. The lowest BCUT2D eigenvalue weighted by Crippen LogP contribution is -2.35. The average Bonchev–Trinajstić information content (AvgIpc) is 2.97. The summed E-state index contributed by atoms with van der Waals surface area (Å²) in [5.41, 5.74) is 2.04. The fourth-order valence-electron chi connectivity index (χ4n) is 1.57. The number of nitrogens with zero attached hydrogens (tertiary/aromatic N) is 2. The zero-order valence-electron chi connectivity index (χ0n) is 10.3. The highest BCUT2D eigenvalue weighted by molar-refractivity contribution is 5.74. The number of imidazole rings is 1. The summed E-state index contributed by atoms with van der Waals surface area (Å²) in [6, 6.07) is 7.58. The molecule has 2 rings (SSSR count). The zero-order valence-corrected chi connectivity index (χ0v) is 10.3. The fraction of sp³-hybridized carbons (Fsp3) is 0.143. The van der Waals surface area contributed by atoms with Gasteiger partial charge < -0.3 is 15.2 Å². The highest BCUT2D eigenvalue weighted by atomic mass is 16.2. The molecule has 1 aromatic heterocycles. The third-order valence-corrected chi connectivity index (χ3v) is 2.54. The number of benzene rings is 1. The molecule has 2 amide bonds. The third-order valence-electron chi connectivity index (χ3n) is 2.54. The van der Waals surface area contributed by atoms with Gasteiger partial charge in [0.25, 0.3) is 0 Å². The van der Waals surface area contributed by atoms with Crippen molar-refractivity contribution in [1.29, 1.82) is 0 Å². The van der Waals surface area contributed by atoms with Gasteiger partial charge in [0.2, 0.25) is 0 Å². The standard InChI is InChI=1S/C14H14N4O/c1-2-7-16-14(19)17-10-12-3-5-13(6-4-12)18-9-8-15-11-18/h1,3-6,8-9,11H,7,10H2,(H2,16,17,19). The Bertz CT molecular complexity index is 566. The molecule has 2 aromatic rings. The predicted molar refractivity (Wildman–Crippen MR) is 72.6 cm³/mol. The molecule has 0 aliphatic rings.